The molecule has 5 heteroatoms. The Labute approximate surface area is 113 Å². The molecule has 1 heterocycles. The largest absolute Gasteiger partial charge is 0.334 e. The highest BCUT2D eigenvalue weighted by molar-refractivity contribution is 9.10. The van der Waals surface area contributed by atoms with Crippen molar-refractivity contribution in [2.24, 2.45) is 0 Å². The zero-order valence-electron chi connectivity index (χ0n) is 9.45. The lowest BCUT2D eigenvalue weighted by molar-refractivity contribution is 0.0714. The Balaban J connectivity index is 2.26. The van der Waals surface area contributed by atoms with E-state index in [0.29, 0.717) is 10.0 Å². The Morgan fingerprint density at radius 3 is 3.06 bits per heavy atom. The van der Waals surface area contributed by atoms with Gasteiger partial charge in [-0.1, -0.05) is 0 Å². The predicted molar refractivity (Wildman–Crippen MR) is 71.9 cm³/mol. The van der Waals surface area contributed by atoms with Gasteiger partial charge in [0.2, 0.25) is 0 Å². The standard InChI is InChI=1S/C12H13BrFNOS/c1-8-7-17-5-4-15(8)12(16)10-6-9(14)2-3-11(10)13/h2-3,6,8H,4-5,7H2,1H3. The van der Waals surface area contributed by atoms with Crippen molar-refractivity contribution in [3.8, 4) is 0 Å². The van der Waals surface area contributed by atoms with Gasteiger partial charge in [-0.3, -0.25) is 4.79 Å². The highest BCUT2D eigenvalue weighted by Gasteiger charge is 2.25. The summed E-state index contributed by atoms with van der Waals surface area (Å²) in [6.07, 6.45) is 0. The summed E-state index contributed by atoms with van der Waals surface area (Å²) in [6.45, 7) is 2.75. The van der Waals surface area contributed by atoms with Crippen LogP contribution in [0.25, 0.3) is 0 Å². The van der Waals surface area contributed by atoms with E-state index in [2.05, 4.69) is 15.9 Å². The molecule has 2 rings (SSSR count). The number of hydrogen-bond acceptors (Lipinski definition) is 2. The van der Waals surface area contributed by atoms with Crippen molar-refractivity contribution in [1.29, 1.82) is 0 Å². The summed E-state index contributed by atoms with van der Waals surface area (Å²) >= 11 is 5.15. The highest BCUT2D eigenvalue weighted by atomic mass is 79.9. The summed E-state index contributed by atoms with van der Waals surface area (Å²) in [5, 5.41) is 0. The second kappa shape index (κ2) is 5.40. The minimum Gasteiger partial charge on any atom is -0.334 e. The van der Waals surface area contributed by atoms with Crippen LogP contribution >= 0.6 is 27.7 Å². The molecule has 1 aliphatic rings. The fraction of sp³-hybridized carbons (Fsp3) is 0.417. The molecule has 1 saturated heterocycles. The molecule has 0 saturated carbocycles. The van der Waals surface area contributed by atoms with Gasteiger partial charge in [0.25, 0.3) is 5.91 Å². The average Bonchev–Trinajstić information content (AvgIpc) is 2.32. The Morgan fingerprint density at radius 1 is 1.59 bits per heavy atom. The quantitative estimate of drug-likeness (QED) is 0.793. The van der Waals surface area contributed by atoms with Crippen molar-refractivity contribution in [1.82, 2.24) is 4.90 Å². The number of hydrogen-bond donors (Lipinski definition) is 0. The number of halogens is 2. The zero-order valence-corrected chi connectivity index (χ0v) is 11.9. The molecule has 92 valence electrons. The third-order valence-corrected chi connectivity index (χ3v) is 4.67. The molecule has 17 heavy (non-hydrogen) atoms. The molecule has 1 aromatic carbocycles. The van der Waals surface area contributed by atoms with Gasteiger partial charge in [-0.15, -0.1) is 0 Å². The number of thioether (sulfide) groups is 1. The number of rotatable bonds is 1. The monoisotopic (exact) mass is 317 g/mol. The summed E-state index contributed by atoms with van der Waals surface area (Å²) in [5.41, 5.74) is 0.406. The van der Waals surface area contributed by atoms with Crippen LogP contribution in [0, 0.1) is 5.82 Å². The maximum atomic E-state index is 13.2. The van der Waals surface area contributed by atoms with E-state index in [4.69, 9.17) is 0 Å². The first-order valence-electron chi connectivity index (χ1n) is 5.43. The molecule has 0 spiro atoms. The lowest BCUT2D eigenvalue weighted by Gasteiger charge is -2.33. The molecule has 1 amide bonds. The normalized spacial score (nSPS) is 20.4. The molecule has 1 unspecified atom stereocenters. The Bertz CT molecular complexity index is 441. The number of nitrogens with zero attached hydrogens (tertiary/aromatic N) is 1. The third kappa shape index (κ3) is 2.83. The van der Waals surface area contributed by atoms with Crippen LogP contribution in [0.2, 0.25) is 0 Å². The van der Waals surface area contributed by atoms with Crippen LogP contribution in [0.1, 0.15) is 17.3 Å². The molecule has 1 aromatic rings. The van der Waals surface area contributed by atoms with Crippen LogP contribution in [0.5, 0.6) is 0 Å². The fourth-order valence-electron chi connectivity index (χ4n) is 1.84. The van der Waals surface area contributed by atoms with Crippen molar-refractivity contribution in [2.75, 3.05) is 18.1 Å². The van der Waals surface area contributed by atoms with E-state index >= 15 is 0 Å². The van der Waals surface area contributed by atoms with E-state index in [9.17, 15) is 9.18 Å². The lowest BCUT2D eigenvalue weighted by atomic mass is 10.1. The van der Waals surface area contributed by atoms with Gasteiger partial charge in [0, 0.05) is 28.6 Å². The summed E-state index contributed by atoms with van der Waals surface area (Å²) in [7, 11) is 0. The molecule has 0 aromatic heterocycles. The van der Waals surface area contributed by atoms with Crippen molar-refractivity contribution < 1.29 is 9.18 Å². The first-order chi connectivity index (χ1) is 8.09. The first-order valence-corrected chi connectivity index (χ1v) is 7.38. The SMILES string of the molecule is CC1CSCCN1C(=O)c1cc(F)ccc1Br. The van der Waals surface area contributed by atoms with Crippen molar-refractivity contribution in [2.45, 2.75) is 13.0 Å². The molecule has 0 bridgehead atoms. The van der Waals surface area contributed by atoms with Crippen molar-refractivity contribution in [3.05, 3.63) is 34.1 Å². The number of carbonyl (C=O) groups is 1. The van der Waals surface area contributed by atoms with Gasteiger partial charge in [-0.2, -0.15) is 11.8 Å². The van der Waals surface area contributed by atoms with Crippen LogP contribution in [0.15, 0.2) is 22.7 Å². The van der Waals surface area contributed by atoms with Crippen LogP contribution in [-0.4, -0.2) is 34.9 Å². The topological polar surface area (TPSA) is 20.3 Å². The Kier molecular flexibility index (Phi) is 4.09. The fourth-order valence-corrected chi connectivity index (χ4v) is 3.27. The lowest BCUT2D eigenvalue weighted by Crippen LogP contribution is -2.44. The van der Waals surface area contributed by atoms with Crippen molar-refractivity contribution >= 4 is 33.6 Å². The maximum Gasteiger partial charge on any atom is 0.255 e. The minimum absolute atomic E-state index is 0.0934. The Morgan fingerprint density at radius 2 is 2.35 bits per heavy atom. The summed E-state index contributed by atoms with van der Waals surface area (Å²) in [5.74, 6) is 1.42. The van der Waals surface area contributed by atoms with Gasteiger partial charge in [0.15, 0.2) is 0 Å². The highest BCUT2D eigenvalue weighted by Crippen LogP contribution is 2.23. The number of carbonyl (C=O) groups excluding carboxylic acids is 1. The summed E-state index contributed by atoms with van der Waals surface area (Å²) < 4.78 is 13.8. The van der Waals surface area contributed by atoms with Gasteiger partial charge in [-0.25, -0.2) is 4.39 Å². The average molecular weight is 318 g/mol. The van der Waals surface area contributed by atoms with E-state index in [1.54, 1.807) is 6.07 Å². The van der Waals surface area contributed by atoms with E-state index in [0.717, 1.165) is 18.1 Å². The second-order valence-corrected chi connectivity index (χ2v) is 6.05. The van der Waals surface area contributed by atoms with Crippen LogP contribution in [-0.2, 0) is 0 Å². The third-order valence-electron chi connectivity index (χ3n) is 2.79. The van der Waals surface area contributed by atoms with Gasteiger partial charge in [0.05, 0.1) is 5.56 Å². The van der Waals surface area contributed by atoms with E-state index in [1.165, 1.54) is 12.1 Å². The molecule has 0 radical (unpaired) electrons. The van der Waals surface area contributed by atoms with Gasteiger partial charge < -0.3 is 4.90 Å². The number of amides is 1. The van der Waals surface area contributed by atoms with E-state index in [-0.39, 0.29) is 17.8 Å². The molecular formula is C12H13BrFNOS. The summed E-state index contributed by atoms with van der Waals surface area (Å²) in [4.78, 5) is 14.1. The second-order valence-electron chi connectivity index (χ2n) is 4.05. The molecule has 0 aliphatic carbocycles. The van der Waals surface area contributed by atoms with Gasteiger partial charge in [0.1, 0.15) is 5.82 Å². The molecular weight excluding hydrogens is 305 g/mol. The van der Waals surface area contributed by atoms with Crippen LogP contribution < -0.4 is 0 Å². The van der Waals surface area contributed by atoms with Gasteiger partial charge >= 0.3 is 0 Å². The van der Waals surface area contributed by atoms with Crippen LogP contribution in [0.3, 0.4) is 0 Å². The predicted octanol–water partition coefficient (Wildman–Crippen LogP) is 3.17. The molecule has 1 fully saturated rings. The molecule has 1 atom stereocenters. The maximum absolute atomic E-state index is 13.2. The first kappa shape index (κ1) is 12.9. The van der Waals surface area contributed by atoms with Gasteiger partial charge in [-0.05, 0) is 41.1 Å². The number of benzene rings is 1. The van der Waals surface area contributed by atoms with E-state index in [1.807, 2.05) is 23.6 Å². The molecule has 0 N–H and O–H groups in total. The van der Waals surface area contributed by atoms with E-state index < -0.39 is 0 Å². The molecule has 2 nitrogen and oxygen atoms in total. The zero-order chi connectivity index (χ0) is 12.4. The smallest absolute Gasteiger partial charge is 0.255 e. The Hall–Kier alpha value is -0.550. The van der Waals surface area contributed by atoms with Crippen molar-refractivity contribution in [3.63, 3.8) is 0 Å². The summed E-state index contributed by atoms with van der Waals surface area (Å²) in [6, 6.07) is 4.42. The minimum atomic E-state index is -0.379. The van der Waals surface area contributed by atoms with Crippen LogP contribution in [0.4, 0.5) is 4.39 Å². The molecule has 1 aliphatic heterocycles.